The fourth-order valence-corrected chi connectivity index (χ4v) is 4.32. The van der Waals surface area contributed by atoms with Crippen LogP contribution in [0.25, 0.3) is 0 Å². The van der Waals surface area contributed by atoms with Gasteiger partial charge in [-0.05, 0) is 46.8 Å². The first kappa shape index (κ1) is 22.4. The summed E-state index contributed by atoms with van der Waals surface area (Å²) in [4.78, 5) is 29.4. The first-order valence-corrected chi connectivity index (χ1v) is 11.5. The first-order chi connectivity index (χ1) is 16.1. The summed E-state index contributed by atoms with van der Waals surface area (Å²) in [6.07, 6.45) is 0.143. The highest BCUT2D eigenvalue weighted by Gasteiger charge is 2.32. The average Bonchev–Trinajstić information content (AvgIpc) is 3.36. The minimum Gasteiger partial charge on any atom is -0.350 e. The van der Waals surface area contributed by atoms with Crippen molar-refractivity contribution in [3.05, 3.63) is 124 Å². The highest BCUT2D eigenvalue weighted by atomic mass is 32.1. The van der Waals surface area contributed by atoms with E-state index in [4.69, 9.17) is 0 Å². The van der Waals surface area contributed by atoms with Crippen LogP contribution in [0.15, 0.2) is 102 Å². The van der Waals surface area contributed by atoms with Crippen molar-refractivity contribution in [2.24, 2.45) is 0 Å². The molecule has 1 atom stereocenters. The molecule has 0 unspecified atom stereocenters. The van der Waals surface area contributed by atoms with Crippen LogP contribution in [0.5, 0.6) is 0 Å². The van der Waals surface area contributed by atoms with E-state index >= 15 is 0 Å². The number of carbonyl (C=O) groups is 2. The van der Waals surface area contributed by atoms with Gasteiger partial charge in [0.15, 0.2) is 0 Å². The van der Waals surface area contributed by atoms with Gasteiger partial charge in [-0.15, -0.1) is 11.3 Å². The Labute approximate surface area is 196 Å². The van der Waals surface area contributed by atoms with Crippen LogP contribution in [0, 0.1) is 5.82 Å². The predicted octanol–water partition coefficient (Wildman–Crippen LogP) is 5.52. The van der Waals surface area contributed by atoms with Gasteiger partial charge in [0, 0.05) is 17.1 Å². The molecule has 166 valence electrons. The second-order valence-electron chi connectivity index (χ2n) is 7.51. The topological polar surface area (TPSA) is 49.4 Å². The molecule has 0 aliphatic heterocycles. The molecule has 1 N–H and O–H groups in total. The van der Waals surface area contributed by atoms with Crippen LogP contribution < -0.4 is 10.2 Å². The number of hydrogen-bond acceptors (Lipinski definition) is 3. The molecule has 0 fully saturated rings. The van der Waals surface area contributed by atoms with Crippen molar-refractivity contribution < 1.29 is 14.0 Å². The molecule has 3 aromatic carbocycles. The maximum atomic E-state index is 13.7. The Morgan fingerprint density at radius 2 is 1.52 bits per heavy atom. The Morgan fingerprint density at radius 3 is 2.15 bits per heavy atom. The van der Waals surface area contributed by atoms with Gasteiger partial charge in [0.25, 0.3) is 0 Å². The van der Waals surface area contributed by atoms with Crippen molar-refractivity contribution in [1.82, 2.24) is 5.32 Å². The number of nitrogens with zero attached hydrogens (tertiary/aromatic N) is 1. The zero-order valence-electron chi connectivity index (χ0n) is 17.9. The van der Waals surface area contributed by atoms with Crippen molar-refractivity contribution in [3.8, 4) is 0 Å². The van der Waals surface area contributed by atoms with Gasteiger partial charge in [-0.1, -0.05) is 66.7 Å². The molecule has 0 spiro atoms. The second kappa shape index (κ2) is 10.7. The van der Waals surface area contributed by atoms with Crippen molar-refractivity contribution in [2.45, 2.75) is 19.0 Å². The van der Waals surface area contributed by atoms with Crippen molar-refractivity contribution >= 4 is 28.8 Å². The van der Waals surface area contributed by atoms with Gasteiger partial charge in [-0.3, -0.25) is 14.5 Å². The molecule has 2 amide bonds. The molecular formula is C27H23FN2O2S. The molecule has 0 radical (unpaired) electrons. The summed E-state index contributed by atoms with van der Waals surface area (Å²) in [5, 5.41) is 4.88. The molecule has 0 bridgehead atoms. The largest absolute Gasteiger partial charge is 0.350 e. The molecular weight excluding hydrogens is 435 g/mol. The van der Waals surface area contributed by atoms with Crippen LogP contribution in [0.4, 0.5) is 10.1 Å². The van der Waals surface area contributed by atoms with E-state index in [0.717, 1.165) is 10.4 Å². The van der Waals surface area contributed by atoms with Crippen LogP contribution in [0.3, 0.4) is 0 Å². The molecule has 6 heteroatoms. The monoisotopic (exact) mass is 458 g/mol. The number of thiophene rings is 1. The molecule has 4 nitrogen and oxygen atoms in total. The molecule has 1 heterocycles. The molecule has 4 aromatic rings. The Hall–Kier alpha value is -3.77. The van der Waals surface area contributed by atoms with Crippen LogP contribution in [0.2, 0.25) is 0 Å². The molecule has 0 aliphatic rings. The van der Waals surface area contributed by atoms with E-state index in [0.29, 0.717) is 17.8 Å². The zero-order chi connectivity index (χ0) is 23.0. The molecule has 1 aromatic heterocycles. The minimum absolute atomic E-state index is 0.143. The standard InChI is InChI=1S/C27H23FN2O2S/c28-22-13-15-23(16-14-22)30(25(31)18-24-12-7-17-33-24)26(21-10-5-2-6-11-21)27(32)29-19-20-8-3-1-4-9-20/h1-17,26H,18-19H2,(H,29,32)/t26-/m0/s1. The summed E-state index contributed by atoms with van der Waals surface area (Å²) in [5.74, 6) is -0.962. The van der Waals surface area contributed by atoms with Gasteiger partial charge in [0.1, 0.15) is 11.9 Å². The first-order valence-electron chi connectivity index (χ1n) is 10.6. The summed E-state index contributed by atoms with van der Waals surface area (Å²) in [6.45, 7) is 0.333. The summed E-state index contributed by atoms with van der Waals surface area (Å²) in [6, 6.07) is 27.3. The summed E-state index contributed by atoms with van der Waals surface area (Å²) >= 11 is 1.48. The van der Waals surface area contributed by atoms with Gasteiger partial charge in [0.2, 0.25) is 11.8 Å². The lowest BCUT2D eigenvalue weighted by atomic mass is 10.0. The molecule has 4 rings (SSSR count). The van der Waals surface area contributed by atoms with Crippen LogP contribution in [-0.2, 0) is 22.6 Å². The lowest BCUT2D eigenvalue weighted by Gasteiger charge is -2.31. The predicted molar refractivity (Wildman–Crippen MR) is 129 cm³/mol. The maximum Gasteiger partial charge on any atom is 0.248 e. The SMILES string of the molecule is O=C(NCc1ccccc1)[C@H](c1ccccc1)N(C(=O)Cc1cccs1)c1ccc(F)cc1. The summed E-state index contributed by atoms with van der Waals surface area (Å²) in [5.41, 5.74) is 2.09. The van der Waals surface area contributed by atoms with Crippen LogP contribution in [-0.4, -0.2) is 11.8 Å². The number of nitrogens with one attached hydrogen (secondary N) is 1. The number of amides is 2. The number of rotatable bonds is 8. The van der Waals surface area contributed by atoms with E-state index in [1.54, 1.807) is 0 Å². The summed E-state index contributed by atoms with van der Waals surface area (Å²) in [7, 11) is 0. The van der Waals surface area contributed by atoms with Crippen LogP contribution in [0.1, 0.15) is 22.0 Å². The fourth-order valence-electron chi connectivity index (χ4n) is 3.62. The third kappa shape index (κ3) is 5.73. The quantitative estimate of drug-likeness (QED) is 0.378. The fraction of sp³-hybridized carbons (Fsp3) is 0.111. The van der Waals surface area contributed by atoms with E-state index in [9.17, 15) is 14.0 Å². The number of anilines is 1. The second-order valence-corrected chi connectivity index (χ2v) is 8.55. The van der Waals surface area contributed by atoms with E-state index in [-0.39, 0.29) is 18.2 Å². The molecule has 0 saturated heterocycles. The Morgan fingerprint density at radius 1 is 0.848 bits per heavy atom. The maximum absolute atomic E-state index is 13.7. The molecule has 0 saturated carbocycles. The normalized spacial score (nSPS) is 11.5. The van der Waals surface area contributed by atoms with E-state index in [2.05, 4.69) is 5.32 Å². The summed E-state index contributed by atoms with van der Waals surface area (Å²) < 4.78 is 13.7. The van der Waals surface area contributed by atoms with Gasteiger partial charge >= 0.3 is 0 Å². The number of benzene rings is 3. The highest BCUT2D eigenvalue weighted by Crippen LogP contribution is 2.29. The Kier molecular flexibility index (Phi) is 7.27. The Balaban J connectivity index is 1.71. The number of hydrogen-bond donors (Lipinski definition) is 1. The Bertz CT molecular complexity index is 1180. The van der Waals surface area contributed by atoms with Crippen molar-refractivity contribution in [2.75, 3.05) is 4.90 Å². The zero-order valence-corrected chi connectivity index (χ0v) is 18.7. The smallest absolute Gasteiger partial charge is 0.248 e. The third-order valence-corrected chi connectivity index (χ3v) is 6.09. The van der Waals surface area contributed by atoms with Gasteiger partial charge in [-0.2, -0.15) is 0 Å². The van der Waals surface area contributed by atoms with E-state index in [1.165, 1.54) is 40.5 Å². The average molecular weight is 459 g/mol. The van der Waals surface area contributed by atoms with E-state index in [1.807, 2.05) is 78.2 Å². The number of carbonyl (C=O) groups excluding carboxylic acids is 2. The van der Waals surface area contributed by atoms with Crippen LogP contribution >= 0.6 is 11.3 Å². The lowest BCUT2D eigenvalue weighted by molar-refractivity contribution is -0.126. The van der Waals surface area contributed by atoms with E-state index < -0.39 is 11.9 Å². The molecule has 33 heavy (non-hydrogen) atoms. The van der Waals surface area contributed by atoms with Gasteiger partial charge in [0.05, 0.1) is 6.42 Å². The van der Waals surface area contributed by atoms with Gasteiger partial charge < -0.3 is 5.32 Å². The van der Waals surface area contributed by atoms with Crippen molar-refractivity contribution in [1.29, 1.82) is 0 Å². The molecule has 0 aliphatic carbocycles. The lowest BCUT2D eigenvalue weighted by Crippen LogP contribution is -2.44. The van der Waals surface area contributed by atoms with Gasteiger partial charge in [-0.25, -0.2) is 4.39 Å². The third-order valence-electron chi connectivity index (χ3n) is 5.21. The van der Waals surface area contributed by atoms with Crippen molar-refractivity contribution in [3.63, 3.8) is 0 Å². The highest BCUT2D eigenvalue weighted by molar-refractivity contribution is 7.10. The number of halogens is 1. The minimum atomic E-state index is -0.909.